The first-order valence-electron chi connectivity index (χ1n) is 15.5. The van der Waals surface area contributed by atoms with Gasteiger partial charge < -0.3 is 24.3 Å². The summed E-state index contributed by atoms with van der Waals surface area (Å²) >= 11 is 0. The molecule has 1 aromatic heterocycles. The van der Waals surface area contributed by atoms with Crippen LogP contribution >= 0.6 is 0 Å². The number of aryl methyl sites for hydroxylation is 2. The highest BCUT2D eigenvalue weighted by molar-refractivity contribution is 5.97. The van der Waals surface area contributed by atoms with E-state index in [-0.39, 0.29) is 18.4 Å². The van der Waals surface area contributed by atoms with E-state index in [0.29, 0.717) is 44.8 Å². The number of nitrogens with zero attached hydrogens (tertiary/aromatic N) is 7. The van der Waals surface area contributed by atoms with Gasteiger partial charge in [-0.3, -0.25) is 4.79 Å². The average molecular weight is 580 g/mol. The minimum atomic E-state index is -0.242. The van der Waals surface area contributed by atoms with Gasteiger partial charge in [-0.25, -0.2) is 0 Å². The van der Waals surface area contributed by atoms with Gasteiger partial charge in [0, 0.05) is 55.4 Å². The lowest BCUT2D eigenvalue weighted by atomic mass is 10.0. The van der Waals surface area contributed by atoms with E-state index in [1.54, 1.807) is 4.90 Å². The van der Waals surface area contributed by atoms with Gasteiger partial charge in [0.1, 0.15) is 12.4 Å². The molecule has 2 aromatic carbocycles. The molecule has 224 valence electrons. The van der Waals surface area contributed by atoms with Crippen LogP contribution in [0.2, 0.25) is 0 Å². The van der Waals surface area contributed by atoms with Crippen LogP contribution in [-0.4, -0.2) is 84.1 Å². The number of hydrogen-bond donors (Lipinski definition) is 0. The second-order valence-corrected chi connectivity index (χ2v) is 12.0. The highest BCUT2D eigenvalue weighted by Gasteiger charge is 2.33. The van der Waals surface area contributed by atoms with Gasteiger partial charge in [-0.05, 0) is 69.3 Å². The van der Waals surface area contributed by atoms with Gasteiger partial charge in [0.25, 0.3) is 0 Å². The molecule has 6 rings (SSSR count). The quantitative estimate of drug-likeness (QED) is 0.379. The molecule has 0 saturated carbocycles. The minimum Gasteiger partial charge on any atom is -0.462 e. The van der Waals surface area contributed by atoms with Crippen LogP contribution in [0, 0.1) is 18.3 Å². The third-order valence-electron chi connectivity index (χ3n) is 9.32. The zero-order chi connectivity index (χ0) is 29.9. The number of benzene rings is 2. The molecule has 3 aliphatic rings. The first kappa shape index (κ1) is 28.9. The summed E-state index contributed by atoms with van der Waals surface area (Å²) in [7, 11) is 2.15. The number of hydrogen-bond acceptors (Lipinski definition) is 8. The van der Waals surface area contributed by atoms with Crippen molar-refractivity contribution in [3.8, 4) is 12.1 Å². The van der Waals surface area contributed by atoms with Crippen molar-refractivity contribution in [1.29, 1.82) is 5.26 Å². The first-order valence-corrected chi connectivity index (χ1v) is 15.5. The number of nitriles is 1. The van der Waals surface area contributed by atoms with Gasteiger partial charge in [-0.1, -0.05) is 36.9 Å². The summed E-state index contributed by atoms with van der Waals surface area (Å²) in [5.74, 6) is 0.723. The normalized spacial score (nSPS) is 20.9. The first-order chi connectivity index (χ1) is 21.0. The molecular formula is C34H41N7O2. The number of carbonyl (C=O) groups is 1. The molecule has 2 atom stereocenters. The Balaban J connectivity index is 1.37. The van der Waals surface area contributed by atoms with E-state index in [0.717, 1.165) is 49.4 Å². The molecule has 0 aliphatic carbocycles. The number of likely N-dealkylation sites (tertiary alicyclic amines) is 1. The summed E-state index contributed by atoms with van der Waals surface area (Å²) in [4.78, 5) is 31.5. The topological polar surface area (TPSA) is 88.8 Å². The van der Waals surface area contributed by atoms with Crippen molar-refractivity contribution < 1.29 is 9.53 Å². The highest BCUT2D eigenvalue weighted by atomic mass is 16.5. The lowest BCUT2D eigenvalue weighted by Gasteiger charge is -2.41. The smallest absolute Gasteiger partial charge is 0.318 e. The third kappa shape index (κ3) is 5.89. The van der Waals surface area contributed by atoms with Crippen molar-refractivity contribution in [2.24, 2.45) is 0 Å². The number of aromatic nitrogens is 2. The number of piperazine rings is 1. The van der Waals surface area contributed by atoms with E-state index in [2.05, 4.69) is 77.7 Å². The Morgan fingerprint density at radius 2 is 1.93 bits per heavy atom. The Hall–Kier alpha value is -4.16. The summed E-state index contributed by atoms with van der Waals surface area (Å²) in [5.41, 5.74) is 4.62. The van der Waals surface area contributed by atoms with Crippen molar-refractivity contribution in [3.63, 3.8) is 0 Å². The molecule has 3 aromatic rings. The number of fused-ring (bicyclic) bond motifs is 2. The zero-order valence-electron chi connectivity index (χ0n) is 25.3. The Morgan fingerprint density at radius 3 is 2.70 bits per heavy atom. The molecule has 4 heterocycles. The van der Waals surface area contributed by atoms with Gasteiger partial charge in [-0.2, -0.15) is 15.2 Å². The molecule has 3 aliphatic heterocycles. The molecule has 2 unspecified atom stereocenters. The lowest BCUT2D eigenvalue weighted by Crippen LogP contribution is -2.55. The maximum absolute atomic E-state index is 12.6. The summed E-state index contributed by atoms with van der Waals surface area (Å²) in [5, 5.41) is 12.1. The molecule has 2 saturated heterocycles. The van der Waals surface area contributed by atoms with E-state index < -0.39 is 0 Å². The Labute approximate surface area is 254 Å². The summed E-state index contributed by atoms with van der Waals surface area (Å²) in [6.07, 6.45) is 5.69. The van der Waals surface area contributed by atoms with Crippen molar-refractivity contribution in [2.45, 2.75) is 57.7 Å². The van der Waals surface area contributed by atoms with Crippen LogP contribution in [0.25, 0.3) is 10.8 Å². The second-order valence-electron chi connectivity index (χ2n) is 12.0. The molecule has 0 bridgehead atoms. The number of amides is 1. The van der Waals surface area contributed by atoms with E-state index in [1.807, 2.05) is 0 Å². The van der Waals surface area contributed by atoms with Crippen LogP contribution in [-0.2, 0) is 17.8 Å². The van der Waals surface area contributed by atoms with Crippen LogP contribution in [0.1, 0.15) is 42.5 Å². The number of ether oxygens (including phenoxy) is 1. The minimum absolute atomic E-state index is 0.136. The summed E-state index contributed by atoms with van der Waals surface area (Å²) < 4.78 is 6.30. The Bertz CT molecular complexity index is 1540. The van der Waals surface area contributed by atoms with Crippen molar-refractivity contribution in [3.05, 3.63) is 65.9 Å². The molecule has 9 nitrogen and oxygen atoms in total. The molecule has 0 spiro atoms. The van der Waals surface area contributed by atoms with E-state index in [4.69, 9.17) is 14.7 Å². The van der Waals surface area contributed by atoms with Crippen LogP contribution in [0.15, 0.2) is 49.1 Å². The molecule has 0 N–H and O–H groups in total. The predicted molar refractivity (Wildman–Crippen MR) is 169 cm³/mol. The third-order valence-corrected chi connectivity index (χ3v) is 9.32. The van der Waals surface area contributed by atoms with Gasteiger partial charge in [-0.15, -0.1) is 0 Å². The largest absolute Gasteiger partial charge is 0.462 e. The molecule has 2 fully saturated rings. The predicted octanol–water partition coefficient (Wildman–Crippen LogP) is 4.48. The van der Waals surface area contributed by atoms with Crippen molar-refractivity contribution in [2.75, 3.05) is 56.2 Å². The fourth-order valence-electron chi connectivity index (χ4n) is 6.97. The average Bonchev–Trinajstić information content (AvgIpc) is 3.31. The monoisotopic (exact) mass is 579 g/mol. The SMILES string of the molecule is C=CC(=O)N1CCN(c2nc(OCC3CCCN3C)nc3c2CN(c2cccc4cccc(C)c24)CCC3)CC1CC#N. The summed E-state index contributed by atoms with van der Waals surface area (Å²) in [6, 6.07) is 15.8. The molecular weight excluding hydrogens is 538 g/mol. The number of anilines is 2. The lowest BCUT2D eigenvalue weighted by molar-refractivity contribution is -0.128. The second kappa shape index (κ2) is 12.6. The van der Waals surface area contributed by atoms with E-state index in [1.165, 1.54) is 34.5 Å². The highest BCUT2D eigenvalue weighted by Crippen LogP contribution is 2.36. The fraction of sp³-hybridized carbons (Fsp3) is 0.471. The standard InChI is InChI=1S/C34H41N7O2/c1-4-31(42)41-20-19-40(21-26(41)15-16-35)33-28-22-39(30-14-6-11-25-10-5-9-24(2)32(25)30)18-8-13-29(28)36-34(37-33)43-23-27-12-7-17-38(27)3/h4-6,9-11,14,26-27H,1,7-8,12-13,15,17-23H2,2-3H3. The van der Waals surface area contributed by atoms with Crippen LogP contribution in [0.5, 0.6) is 6.01 Å². The van der Waals surface area contributed by atoms with E-state index >= 15 is 0 Å². The molecule has 43 heavy (non-hydrogen) atoms. The number of likely N-dealkylation sites (N-methyl/N-ethyl adjacent to an activating group) is 1. The van der Waals surface area contributed by atoms with Gasteiger partial charge in [0.15, 0.2) is 0 Å². The molecule has 1 amide bonds. The Kier molecular flexibility index (Phi) is 8.48. The van der Waals surface area contributed by atoms with Crippen LogP contribution in [0.4, 0.5) is 11.5 Å². The van der Waals surface area contributed by atoms with E-state index in [9.17, 15) is 10.1 Å². The van der Waals surface area contributed by atoms with Gasteiger partial charge in [0.2, 0.25) is 5.91 Å². The van der Waals surface area contributed by atoms with Crippen LogP contribution < -0.4 is 14.5 Å². The molecule has 0 radical (unpaired) electrons. The molecule has 9 heteroatoms. The van der Waals surface area contributed by atoms with Gasteiger partial charge in [0.05, 0.1) is 24.2 Å². The maximum Gasteiger partial charge on any atom is 0.318 e. The Morgan fingerprint density at radius 1 is 1.09 bits per heavy atom. The van der Waals surface area contributed by atoms with Crippen molar-refractivity contribution in [1.82, 2.24) is 19.8 Å². The van der Waals surface area contributed by atoms with Gasteiger partial charge >= 0.3 is 6.01 Å². The number of rotatable bonds is 7. The summed E-state index contributed by atoms with van der Waals surface area (Å²) in [6.45, 7) is 10.7. The van der Waals surface area contributed by atoms with Crippen LogP contribution in [0.3, 0.4) is 0 Å². The zero-order valence-corrected chi connectivity index (χ0v) is 25.3. The number of carbonyl (C=O) groups excluding carboxylic acids is 1. The van der Waals surface area contributed by atoms with Crippen molar-refractivity contribution >= 4 is 28.2 Å². The fourth-order valence-corrected chi connectivity index (χ4v) is 6.97. The maximum atomic E-state index is 12.6.